The van der Waals surface area contributed by atoms with Crippen molar-refractivity contribution in [3.05, 3.63) is 27.0 Å². The number of aromatic nitrogens is 2. The smallest absolute Gasteiger partial charge is 0.325 e. The summed E-state index contributed by atoms with van der Waals surface area (Å²) >= 11 is 0. The van der Waals surface area contributed by atoms with Gasteiger partial charge in [0, 0.05) is 32.3 Å². The molecule has 1 aliphatic rings. The molecular formula is C9H12N4O5S. The van der Waals surface area contributed by atoms with Crippen LogP contribution in [0.2, 0.25) is 0 Å². The molecule has 1 fully saturated rings. The van der Waals surface area contributed by atoms with Gasteiger partial charge in [-0.2, -0.15) is 4.31 Å². The molecule has 2 heterocycles. The van der Waals surface area contributed by atoms with Crippen molar-refractivity contribution in [1.29, 1.82) is 0 Å². The van der Waals surface area contributed by atoms with Crippen molar-refractivity contribution >= 4 is 15.9 Å². The molecule has 0 bridgehead atoms. The largest absolute Gasteiger partial charge is 0.355 e. The van der Waals surface area contributed by atoms with E-state index in [9.17, 15) is 22.8 Å². The maximum Gasteiger partial charge on any atom is 0.325 e. The molecule has 0 unspecified atom stereocenters. The molecule has 10 heteroatoms. The van der Waals surface area contributed by atoms with Gasteiger partial charge in [-0.3, -0.25) is 14.6 Å². The number of hydrogen-bond acceptors (Lipinski definition) is 5. The number of hydrogen-bond donors (Lipinski definition) is 3. The summed E-state index contributed by atoms with van der Waals surface area (Å²) in [7, 11) is -4.03. The fourth-order valence-electron chi connectivity index (χ4n) is 1.71. The molecule has 1 aliphatic heterocycles. The van der Waals surface area contributed by atoms with Crippen LogP contribution in [-0.4, -0.2) is 48.2 Å². The minimum atomic E-state index is -4.03. The highest BCUT2D eigenvalue weighted by Crippen LogP contribution is 2.11. The van der Waals surface area contributed by atoms with E-state index in [1.54, 1.807) is 0 Å². The number of aromatic amines is 2. The summed E-state index contributed by atoms with van der Waals surface area (Å²) in [5.74, 6) is -0.243. The molecular weight excluding hydrogens is 276 g/mol. The Bertz CT molecular complexity index is 704. The summed E-state index contributed by atoms with van der Waals surface area (Å²) in [5, 5.41) is 2.53. The van der Waals surface area contributed by atoms with Gasteiger partial charge in [-0.1, -0.05) is 0 Å². The third-order valence-electron chi connectivity index (χ3n) is 2.67. The summed E-state index contributed by atoms with van der Waals surface area (Å²) in [4.78, 5) is 37.0. The van der Waals surface area contributed by atoms with Crippen molar-refractivity contribution in [2.75, 3.05) is 19.6 Å². The Kier molecular flexibility index (Phi) is 3.53. The van der Waals surface area contributed by atoms with Gasteiger partial charge in [-0.05, 0) is 0 Å². The second kappa shape index (κ2) is 4.97. The van der Waals surface area contributed by atoms with Gasteiger partial charge in [-0.15, -0.1) is 0 Å². The van der Waals surface area contributed by atoms with Gasteiger partial charge in [0.1, 0.15) is 0 Å². The van der Waals surface area contributed by atoms with E-state index < -0.39 is 26.2 Å². The Balaban J connectivity index is 2.39. The average molecular weight is 288 g/mol. The molecule has 0 saturated carbocycles. The van der Waals surface area contributed by atoms with Crippen LogP contribution in [-0.2, 0) is 14.8 Å². The molecule has 1 saturated heterocycles. The predicted octanol–water partition coefficient (Wildman–Crippen LogP) is -2.43. The zero-order valence-corrected chi connectivity index (χ0v) is 10.6. The van der Waals surface area contributed by atoms with E-state index in [0.717, 1.165) is 10.5 Å². The molecule has 3 N–H and O–H groups in total. The average Bonchev–Trinajstić information content (AvgIpc) is 2.53. The van der Waals surface area contributed by atoms with Crippen molar-refractivity contribution in [3.8, 4) is 0 Å². The summed E-state index contributed by atoms with van der Waals surface area (Å²) in [6.07, 6.45) is 0.886. The topological polar surface area (TPSA) is 132 Å². The zero-order valence-electron chi connectivity index (χ0n) is 9.80. The SMILES string of the molecule is O=C1CCN(S(=O)(=O)c2c[nH]c(=O)[nH]c2=O)CCN1. The van der Waals surface area contributed by atoms with E-state index in [1.165, 1.54) is 0 Å². The van der Waals surface area contributed by atoms with E-state index >= 15 is 0 Å². The number of amides is 1. The quantitative estimate of drug-likeness (QED) is 0.557. The van der Waals surface area contributed by atoms with Crippen LogP contribution in [0.4, 0.5) is 0 Å². The van der Waals surface area contributed by atoms with E-state index in [4.69, 9.17) is 0 Å². The van der Waals surface area contributed by atoms with Crippen molar-refractivity contribution in [2.24, 2.45) is 0 Å². The summed E-state index contributed by atoms with van der Waals surface area (Å²) in [6, 6.07) is 0. The summed E-state index contributed by atoms with van der Waals surface area (Å²) in [6.45, 7) is 0.249. The first-order valence-electron chi connectivity index (χ1n) is 5.50. The van der Waals surface area contributed by atoms with E-state index in [-0.39, 0.29) is 32.0 Å². The summed E-state index contributed by atoms with van der Waals surface area (Å²) in [5.41, 5.74) is -1.76. The molecule has 1 aromatic rings. The van der Waals surface area contributed by atoms with Crippen LogP contribution in [0, 0.1) is 0 Å². The molecule has 19 heavy (non-hydrogen) atoms. The van der Waals surface area contributed by atoms with Crippen LogP contribution in [0.5, 0.6) is 0 Å². The van der Waals surface area contributed by atoms with Crippen LogP contribution in [0.25, 0.3) is 0 Å². The van der Waals surface area contributed by atoms with Crippen molar-refractivity contribution in [2.45, 2.75) is 11.3 Å². The van der Waals surface area contributed by atoms with E-state index in [2.05, 4.69) is 10.3 Å². The molecule has 2 rings (SSSR count). The van der Waals surface area contributed by atoms with Crippen LogP contribution in [0.15, 0.2) is 20.7 Å². The molecule has 0 aromatic carbocycles. The first kappa shape index (κ1) is 13.5. The monoisotopic (exact) mass is 288 g/mol. The lowest BCUT2D eigenvalue weighted by Crippen LogP contribution is -2.38. The maximum absolute atomic E-state index is 12.2. The standard InChI is InChI=1S/C9H12N4O5S/c14-7-1-3-13(4-2-10-7)19(17,18)6-5-11-9(16)12-8(6)15/h5H,1-4H2,(H,10,14)(H2,11,12,15,16). The number of carbonyl (C=O) groups is 1. The Labute approximate surface area is 107 Å². The van der Waals surface area contributed by atoms with E-state index in [0.29, 0.717) is 0 Å². The lowest BCUT2D eigenvalue weighted by Gasteiger charge is -2.18. The third kappa shape index (κ3) is 2.74. The number of rotatable bonds is 2. The van der Waals surface area contributed by atoms with E-state index in [1.807, 2.05) is 4.98 Å². The highest BCUT2D eigenvalue weighted by Gasteiger charge is 2.29. The lowest BCUT2D eigenvalue weighted by molar-refractivity contribution is -0.120. The predicted molar refractivity (Wildman–Crippen MR) is 64.1 cm³/mol. The maximum atomic E-state index is 12.2. The van der Waals surface area contributed by atoms with Crippen LogP contribution < -0.4 is 16.6 Å². The van der Waals surface area contributed by atoms with Gasteiger partial charge in [0.05, 0.1) is 0 Å². The third-order valence-corrected chi connectivity index (χ3v) is 4.58. The second-order valence-corrected chi connectivity index (χ2v) is 5.85. The van der Waals surface area contributed by atoms with Gasteiger partial charge >= 0.3 is 5.69 Å². The molecule has 1 aromatic heterocycles. The molecule has 0 atom stereocenters. The van der Waals surface area contributed by atoms with Gasteiger partial charge in [-0.25, -0.2) is 13.2 Å². The number of nitrogens with zero attached hydrogens (tertiary/aromatic N) is 1. The fraction of sp³-hybridized carbons (Fsp3) is 0.444. The minimum absolute atomic E-state index is 0.00721. The molecule has 0 spiro atoms. The van der Waals surface area contributed by atoms with Gasteiger partial charge in [0.2, 0.25) is 15.9 Å². The van der Waals surface area contributed by atoms with Crippen LogP contribution in [0.3, 0.4) is 0 Å². The highest BCUT2D eigenvalue weighted by atomic mass is 32.2. The van der Waals surface area contributed by atoms with Crippen molar-refractivity contribution in [1.82, 2.24) is 19.6 Å². The normalized spacial score (nSPS) is 17.8. The molecule has 104 valence electrons. The Hall–Kier alpha value is -1.94. The Morgan fingerprint density at radius 1 is 1.16 bits per heavy atom. The molecule has 0 radical (unpaired) electrons. The van der Waals surface area contributed by atoms with Crippen LogP contribution >= 0.6 is 0 Å². The summed E-state index contributed by atoms with van der Waals surface area (Å²) < 4.78 is 25.5. The minimum Gasteiger partial charge on any atom is -0.355 e. The Morgan fingerprint density at radius 3 is 2.58 bits per heavy atom. The second-order valence-electron chi connectivity index (χ2n) is 3.94. The van der Waals surface area contributed by atoms with Crippen molar-refractivity contribution < 1.29 is 13.2 Å². The molecule has 1 amide bonds. The first-order chi connectivity index (χ1) is 8.91. The molecule has 9 nitrogen and oxygen atoms in total. The van der Waals surface area contributed by atoms with Gasteiger partial charge in [0.25, 0.3) is 5.56 Å². The fourth-order valence-corrected chi connectivity index (χ4v) is 3.15. The van der Waals surface area contributed by atoms with Crippen LogP contribution in [0.1, 0.15) is 6.42 Å². The van der Waals surface area contributed by atoms with Gasteiger partial charge in [0.15, 0.2) is 4.90 Å². The Morgan fingerprint density at radius 2 is 1.89 bits per heavy atom. The number of H-pyrrole nitrogens is 2. The lowest BCUT2D eigenvalue weighted by atomic mass is 10.4. The zero-order chi connectivity index (χ0) is 14.0. The van der Waals surface area contributed by atoms with Gasteiger partial charge < -0.3 is 10.3 Å². The molecule has 0 aliphatic carbocycles. The first-order valence-corrected chi connectivity index (χ1v) is 6.94. The number of carbonyl (C=O) groups excluding carboxylic acids is 1. The van der Waals surface area contributed by atoms with Crippen molar-refractivity contribution in [3.63, 3.8) is 0 Å². The highest BCUT2D eigenvalue weighted by molar-refractivity contribution is 7.89. The number of nitrogens with one attached hydrogen (secondary N) is 3. The number of sulfonamides is 1.